The zero-order chi connectivity index (χ0) is 19.8. The van der Waals surface area contributed by atoms with E-state index < -0.39 is 0 Å². The van der Waals surface area contributed by atoms with E-state index in [1.165, 1.54) is 7.11 Å². The van der Waals surface area contributed by atoms with Gasteiger partial charge < -0.3 is 4.84 Å². The highest BCUT2D eigenvalue weighted by atomic mass is 19.1. The summed E-state index contributed by atoms with van der Waals surface area (Å²) in [5.74, 6) is 0.565. The van der Waals surface area contributed by atoms with Crippen LogP contribution in [0.5, 0.6) is 0 Å². The molecule has 4 nitrogen and oxygen atoms in total. The van der Waals surface area contributed by atoms with Gasteiger partial charge in [0.2, 0.25) is 0 Å². The fourth-order valence-corrected chi connectivity index (χ4v) is 3.84. The molecule has 2 atom stereocenters. The molecule has 1 saturated carbocycles. The Kier molecular flexibility index (Phi) is 4.35. The number of allylic oxidation sites excluding steroid dienone is 4. The van der Waals surface area contributed by atoms with Gasteiger partial charge in [-0.15, -0.1) is 0 Å². The van der Waals surface area contributed by atoms with Gasteiger partial charge in [-0.05, 0) is 47.6 Å². The smallest absolute Gasteiger partial charge is 0.128 e. The third kappa shape index (κ3) is 3.29. The first-order valence-corrected chi connectivity index (χ1v) is 9.65. The number of fused-ring (bicyclic) bond motifs is 1. The van der Waals surface area contributed by atoms with Crippen LogP contribution in [0.1, 0.15) is 17.7 Å². The van der Waals surface area contributed by atoms with E-state index in [0.29, 0.717) is 28.7 Å². The van der Waals surface area contributed by atoms with E-state index in [2.05, 4.69) is 34.5 Å². The maximum atomic E-state index is 14.8. The summed E-state index contributed by atoms with van der Waals surface area (Å²) in [5.41, 5.74) is 5.11. The van der Waals surface area contributed by atoms with Gasteiger partial charge in [-0.2, -0.15) is 5.10 Å². The van der Waals surface area contributed by atoms with Crippen molar-refractivity contribution in [2.24, 2.45) is 17.0 Å². The number of benzene rings is 2. The molecule has 2 aliphatic carbocycles. The summed E-state index contributed by atoms with van der Waals surface area (Å²) in [6, 6.07) is 18.3. The number of aromatic nitrogens is 2. The summed E-state index contributed by atoms with van der Waals surface area (Å²) in [7, 11) is 1.48. The van der Waals surface area contributed by atoms with Crippen LogP contribution in [0.3, 0.4) is 0 Å². The summed E-state index contributed by atoms with van der Waals surface area (Å²) >= 11 is 0. The summed E-state index contributed by atoms with van der Waals surface area (Å²) in [5, 5.41) is 8.39. The summed E-state index contributed by atoms with van der Waals surface area (Å²) in [4.78, 5) is 4.83. The van der Waals surface area contributed by atoms with Crippen molar-refractivity contribution in [3.8, 4) is 16.8 Å². The molecular formula is C24H20FN3O. The van der Waals surface area contributed by atoms with Gasteiger partial charge in [0, 0.05) is 11.1 Å². The van der Waals surface area contributed by atoms with Crippen LogP contribution >= 0.6 is 0 Å². The Morgan fingerprint density at radius 2 is 1.76 bits per heavy atom. The van der Waals surface area contributed by atoms with E-state index in [-0.39, 0.29) is 5.83 Å². The van der Waals surface area contributed by atoms with Crippen LogP contribution in [0.2, 0.25) is 0 Å². The molecule has 5 heteroatoms. The second-order valence-electron chi connectivity index (χ2n) is 7.35. The van der Waals surface area contributed by atoms with Gasteiger partial charge in [-0.1, -0.05) is 53.7 Å². The first kappa shape index (κ1) is 17.6. The molecule has 0 N–H and O–H groups in total. The average Bonchev–Trinajstić information content (AvgIpc) is 3.39. The van der Waals surface area contributed by atoms with Crippen LogP contribution in [-0.2, 0) is 4.84 Å². The predicted octanol–water partition coefficient (Wildman–Crippen LogP) is 5.41. The van der Waals surface area contributed by atoms with Gasteiger partial charge in [0.15, 0.2) is 0 Å². The van der Waals surface area contributed by atoms with Crippen molar-refractivity contribution in [2.45, 2.75) is 6.42 Å². The Balaban J connectivity index is 1.58. The predicted molar refractivity (Wildman–Crippen MR) is 112 cm³/mol. The lowest BCUT2D eigenvalue weighted by Crippen LogP contribution is -2.06. The zero-order valence-electron chi connectivity index (χ0n) is 16.0. The summed E-state index contributed by atoms with van der Waals surface area (Å²) < 4.78 is 16.6. The maximum Gasteiger partial charge on any atom is 0.128 e. The molecule has 0 spiro atoms. The van der Waals surface area contributed by atoms with Crippen molar-refractivity contribution in [3.63, 3.8) is 0 Å². The molecule has 2 aromatic carbocycles. The fraction of sp³-hybridized carbons (Fsp3) is 0.167. The normalized spacial score (nSPS) is 20.2. The monoisotopic (exact) mass is 385 g/mol. The topological polar surface area (TPSA) is 39.4 Å². The standard InChI is InChI=1S/C24H20FN3O/c1-29-27-15-20-14-26-28(24(20)22-12-18-11-19(18)13-23(22)25)21-9-7-17(8-10-21)16-5-3-2-4-6-16/h2-10,12-15,18-19H,11H2,1H3/b27-15+. The molecule has 1 heterocycles. The lowest BCUT2D eigenvalue weighted by molar-refractivity contribution is 0.215. The van der Waals surface area contributed by atoms with Crippen LogP contribution in [0.4, 0.5) is 4.39 Å². The minimum Gasteiger partial charge on any atom is -0.399 e. The Morgan fingerprint density at radius 3 is 2.52 bits per heavy atom. The molecular weight excluding hydrogens is 365 g/mol. The maximum absolute atomic E-state index is 14.8. The first-order chi connectivity index (χ1) is 14.2. The second-order valence-corrected chi connectivity index (χ2v) is 7.35. The van der Waals surface area contributed by atoms with Crippen molar-refractivity contribution in [1.82, 2.24) is 9.78 Å². The highest BCUT2D eigenvalue weighted by molar-refractivity contribution is 5.91. The lowest BCUT2D eigenvalue weighted by Gasteiger charge is -2.14. The number of hydrogen-bond acceptors (Lipinski definition) is 3. The molecule has 0 amide bonds. The molecule has 3 aromatic rings. The SMILES string of the molecule is CO/N=C/c1cnn(-c2ccc(-c3ccccc3)cc2)c1C1=CC2CC2C=C1F. The molecule has 29 heavy (non-hydrogen) atoms. The Labute approximate surface area is 168 Å². The highest BCUT2D eigenvalue weighted by Crippen LogP contribution is 2.49. The van der Waals surface area contributed by atoms with E-state index in [1.807, 2.05) is 36.4 Å². The van der Waals surface area contributed by atoms with Crippen LogP contribution in [-0.4, -0.2) is 23.1 Å². The summed E-state index contributed by atoms with van der Waals surface area (Å²) in [6.07, 6.45) is 8.03. The van der Waals surface area contributed by atoms with Gasteiger partial charge in [-0.3, -0.25) is 0 Å². The number of halogens is 1. The molecule has 144 valence electrons. The summed E-state index contributed by atoms with van der Waals surface area (Å²) in [6.45, 7) is 0. The van der Waals surface area contributed by atoms with Crippen molar-refractivity contribution in [2.75, 3.05) is 7.11 Å². The molecule has 5 rings (SSSR count). The minimum absolute atomic E-state index is 0.196. The van der Waals surface area contributed by atoms with E-state index >= 15 is 0 Å². The Hall–Kier alpha value is -3.47. The minimum atomic E-state index is -0.196. The molecule has 2 aliphatic rings. The quantitative estimate of drug-likeness (QED) is 0.435. The molecule has 0 aliphatic heterocycles. The van der Waals surface area contributed by atoms with Gasteiger partial charge >= 0.3 is 0 Å². The number of nitrogens with zero attached hydrogens (tertiary/aromatic N) is 3. The molecule has 1 fully saturated rings. The molecule has 0 saturated heterocycles. The van der Waals surface area contributed by atoms with E-state index in [9.17, 15) is 4.39 Å². The van der Waals surface area contributed by atoms with Gasteiger partial charge in [0.05, 0.1) is 23.8 Å². The first-order valence-electron chi connectivity index (χ1n) is 9.65. The van der Waals surface area contributed by atoms with E-state index in [4.69, 9.17) is 4.84 Å². The average molecular weight is 385 g/mol. The third-order valence-electron chi connectivity index (χ3n) is 5.46. The number of hydrogen-bond donors (Lipinski definition) is 0. The van der Waals surface area contributed by atoms with Crippen LogP contribution in [0.15, 0.2) is 83.9 Å². The molecule has 1 aromatic heterocycles. The number of rotatable bonds is 5. The highest BCUT2D eigenvalue weighted by Gasteiger charge is 2.39. The van der Waals surface area contributed by atoms with Gasteiger partial charge in [0.1, 0.15) is 12.9 Å². The van der Waals surface area contributed by atoms with E-state index in [0.717, 1.165) is 23.2 Å². The van der Waals surface area contributed by atoms with Crippen molar-refractivity contribution in [3.05, 3.63) is 90.0 Å². The van der Waals surface area contributed by atoms with Crippen molar-refractivity contribution < 1.29 is 9.23 Å². The van der Waals surface area contributed by atoms with Crippen LogP contribution in [0, 0.1) is 11.8 Å². The van der Waals surface area contributed by atoms with Crippen LogP contribution in [0.25, 0.3) is 22.4 Å². The van der Waals surface area contributed by atoms with E-state index in [1.54, 1.807) is 23.2 Å². The van der Waals surface area contributed by atoms with Crippen molar-refractivity contribution >= 4 is 11.8 Å². The Bertz CT molecular complexity index is 1130. The second kappa shape index (κ2) is 7.17. The molecule has 0 radical (unpaired) electrons. The number of oxime groups is 1. The van der Waals surface area contributed by atoms with Gasteiger partial charge in [-0.25, -0.2) is 9.07 Å². The lowest BCUT2D eigenvalue weighted by atomic mass is 10.00. The van der Waals surface area contributed by atoms with Gasteiger partial charge in [0.25, 0.3) is 0 Å². The largest absolute Gasteiger partial charge is 0.399 e. The zero-order valence-corrected chi connectivity index (χ0v) is 16.0. The Morgan fingerprint density at radius 1 is 1.03 bits per heavy atom. The van der Waals surface area contributed by atoms with Crippen molar-refractivity contribution in [1.29, 1.82) is 0 Å². The molecule has 0 bridgehead atoms. The van der Waals surface area contributed by atoms with Crippen LogP contribution < -0.4 is 0 Å². The fourth-order valence-electron chi connectivity index (χ4n) is 3.84. The molecule has 2 unspecified atom stereocenters. The third-order valence-corrected chi connectivity index (χ3v) is 5.46.